The lowest BCUT2D eigenvalue weighted by Gasteiger charge is -2.02. The van der Waals surface area contributed by atoms with Crippen LogP contribution in [0.4, 0.5) is 0 Å². The molecule has 0 aliphatic heterocycles. The van der Waals surface area contributed by atoms with Gasteiger partial charge in [-0.05, 0) is 34.5 Å². The smallest absolute Gasteiger partial charge is 0.287 e. The highest BCUT2D eigenvalue weighted by atomic mass is 79.9. The van der Waals surface area contributed by atoms with Gasteiger partial charge in [0.05, 0.1) is 0 Å². The van der Waals surface area contributed by atoms with Gasteiger partial charge in [0.2, 0.25) is 0 Å². The third-order valence-electron chi connectivity index (χ3n) is 2.36. The second-order valence-corrected chi connectivity index (χ2v) is 4.56. The molecule has 0 fully saturated rings. The van der Waals surface area contributed by atoms with Gasteiger partial charge in [-0.1, -0.05) is 32.6 Å². The van der Waals surface area contributed by atoms with Gasteiger partial charge in [0.1, 0.15) is 0 Å². The van der Waals surface area contributed by atoms with Crippen LogP contribution >= 0.6 is 15.9 Å². The lowest BCUT2D eigenvalue weighted by molar-refractivity contribution is 0.0924. The third-order valence-corrected chi connectivity index (χ3v) is 2.79. The Morgan fingerprint density at radius 3 is 2.69 bits per heavy atom. The van der Waals surface area contributed by atoms with Gasteiger partial charge in [0, 0.05) is 6.54 Å². The zero-order valence-corrected chi connectivity index (χ0v) is 11.2. The second-order valence-electron chi connectivity index (χ2n) is 3.77. The zero-order valence-electron chi connectivity index (χ0n) is 9.59. The molecule has 0 saturated heterocycles. The molecular weight excluding hydrogens is 270 g/mol. The van der Waals surface area contributed by atoms with Crippen LogP contribution in [-0.4, -0.2) is 12.5 Å². The summed E-state index contributed by atoms with van der Waals surface area (Å²) >= 11 is 3.16. The fourth-order valence-corrected chi connectivity index (χ4v) is 1.76. The predicted octanol–water partition coefficient (Wildman–Crippen LogP) is 3.74. The molecular formula is C12H18BrNO2. The summed E-state index contributed by atoms with van der Waals surface area (Å²) in [4.78, 5) is 11.5. The van der Waals surface area contributed by atoms with Gasteiger partial charge in [-0.3, -0.25) is 4.79 Å². The van der Waals surface area contributed by atoms with E-state index in [1.54, 1.807) is 12.1 Å². The van der Waals surface area contributed by atoms with E-state index in [2.05, 4.69) is 28.2 Å². The van der Waals surface area contributed by atoms with Crippen molar-refractivity contribution in [2.45, 2.75) is 39.0 Å². The number of amides is 1. The van der Waals surface area contributed by atoms with Crippen molar-refractivity contribution in [3.8, 4) is 0 Å². The molecule has 0 bridgehead atoms. The Kier molecular flexibility index (Phi) is 6.23. The van der Waals surface area contributed by atoms with Crippen LogP contribution in [-0.2, 0) is 0 Å². The summed E-state index contributed by atoms with van der Waals surface area (Å²) in [5, 5.41) is 2.84. The molecule has 1 amide bonds. The minimum Gasteiger partial charge on any atom is -0.444 e. The minimum atomic E-state index is -0.138. The van der Waals surface area contributed by atoms with Gasteiger partial charge in [-0.25, -0.2) is 0 Å². The standard InChI is InChI=1S/C12H18BrNO2/c1-2-3-4-5-6-9-14-12(15)10-7-8-11(13)16-10/h7-8H,2-6,9H2,1H3,(H,14,15). The van der Waals surface area contributed by atoms with Crippen LogP contribution in [0.1, 0.15) is 49.6 Å². The average Bonchev–Trinajstić information content (AvgIpc) is 2.70. The van der Waals surface area contributed by atoms with Crippen LogP contribution < -0.4 is 5.32 Å². The van der Waals surface area contributed by atoms with Crippen LogP contribution in [0.25, 0.3) is 0 Å². The molecule has 4 heteroatoms. The Bertz CT molecular complexity index is 323. The molecule has 0 aliphatic carbocycles. The first-order valence-corrected chi connectivity index (χ1v) is 6.57. The van der Waals surface area contributed by atoms with Crippen molar-refractivity contribution in [2.24, 2.45) is 0 Å². The SMILES string of the molecule is CCCCCCCNC(=O)c1ccc(Br)o1. The molecule has 1 heterocycles. The Morgan fingerprint density at radius 2 is 2.06 bits per heavy atom. The lowest BCUT2D eigenvalue weighted by Crippen LogP contribution is -2.23. The first-order chi connectivity index (χ1) is 7.74. The van der Waals surface area contributed by atoms with E-state index in [4.69, 9.17) is 4.42 Å². The number of rotatable bonds is 7. The van der Waals surface area contributed by atoms with E-state index >= 15 is 0 Å². The van der Waals surface area contributed by atoms with Crippen molar-refractivity contribution < 1.29 is 9.21 Å². The molecule has 1 N–H and O–H groups in total. The third kappa shape index (κ3) is 4.84. The highest BCUT2D eigenvalue weighted by molar-refractivity contribution is 9.10. The van der Waals surface area contributed by atoms with Crippen molar-refractivity contribution in [1.29, 1.82) is 0 Å². The Morgan fingerprint density at radius 1 is 1.31 bits per heavy atom. The van der Waals surface area contributed by atoms with E-state index in [9.17, 15) is 4.79 Å². The van der Waals surface area contributed by atoms with Crippen LogP contribution in [0.5, 0.6) is 0 Å². The monoisotopic (exact) mass is 287 g/mol. The van der Waals surface area contributed by atoms with Gasteiger partial charge in [0.25, 0.3) is 5.91 Å². The maximum Gasteiger partial charge on any atom is 0.287 e. The van der Waals surface area contributed by atoms with Gasteiger partial charge in [-0.2, -0.15) is 0 Å². The molecule has 0 unspecified atom stereocenters. The van der Waals surface area contributed by atoms with Crippen molar-refractivity contribution in [3.63, 3.8) is 0 Å². The zero-order chi connectivity index (χ0) is 11.8. The lowest BCUT2D eigenvalue weighted by atomic mass is 10.1. The number of carbonyl (C=O) groups excluding carboxylic acids is 1. The van der Waals surface area contributed by atoms with Gasteiger partial charge in [0.15, 0.2) is 10.4 Å². The number of hydrogen-bond donors (Lipinski definition) is 1. The topological polar surface area (TPSA) is 42.2 Å². The highest BCUT2D eigenvalue weighted by Crippen LogP contribution is 2.13. The summed E-state index contributed by atoms with van der Waals surface area (Å²) in [5.74, 6) is 0.224. The minimum absolute atomic E-state index is 0.138. The Hall–Kier alpha value is -0.770. The first-order valence-electron chi connectivity index (χ1n) is 5.77. The maximum absolute atomic E-state index is 11.5. The van der Waals surface area contributed by atoms with E-state index in [1.807, 2.05) is 0 Å². The molecule has 1 rings (SSSR count). The summed E-state index contributed by atoms with van der Waals surface area (Å²) in [5.41, 5.74) is 0. The first kappa shape index (κ1) is 13.3. The molecule has 0 aliphatic rings. The Labute approximate surface area is 105 Å². The molecule has 0 saturated carbocycles. The number of carbonyl (C=O) groups is 1. The maximum atomic E-state index is 11.5. The van der Waals surface area contributed by atoms with Gasteiger partial charge >= 0.3 is 0 Å². The van der Waals surface area contributed by atoms with E-state index in [1.165, 1.54) is 25.7 Å². The number of furan rings is 1. The van der Waals surface area contributed by atoms with Crippen LogP contribution in [0.15, 0.2) is 21.2 Å². The van der Waals surface area contributed by atoms with Crippen molar-refractivity contribution in [1.82, 2.24) is 5.32 Å². The van der Waals surface area contributed by atoms with Crippen LogP contribution in [0.2, 0.25) is 0 Å². The average molecular weight is 288 g/mol. The van der Waals surface area contributed by atoms with Crippen molar-refractivity contribution >= 4 is 21.8 Å². The Balaban J connectivity index is 2.11. The van der Waals surface area contributed by atoms with E-state index in [-0.39, 0.29) is 5.91 Å². The van der Waals surface area contributed by atoms with Crippen LogP contribution in [0.3, 0.4) is 0 Å². The fourth-order valence-electron chi connectivity index (χ4n) is 1.45. The highest BCUT2D eigenvalue weighted by Gasteiger charge is 2.08. The number of hydrogen-bond acceptors (Lipinski definition) is 2. The summed E-state index contributed by atoms with van der Waals surface area (Å²) in [6.07, 6.45) is 5.98. The quantitative estimate of drug-likeness (QED) is 0.776. The van der Waals surface area contributed by atoms with Crippen molar-refractivity contribution in [3.05, 3.63) is 22.6 Å². The molecule has 0 spiro atoms. The van der Waals surface area contributed by atoms with E-state index in [0.29, 0.717) is 10.4 Å². The molecule has 1 aromatic heterocycles. The number of nitrogens with one attached hydrogen (secondary N) is 1. The van der Waals surface area contributed by atoms with E-state index < -0.39 is 0 Å². The molecule has 0 radical (unpaired) electrons. The van der Waals surface area contributed by atoms with Gasteiger partial charge in [-0.15, -0.1) is 0 Å². The summed E-state index contributed by atoms with van der Waals surface area (Å²) in [6.45, 7) is 2.91. The number of unbranched alkanes of at least 4 members (excludes halogenated alkanes) is 4. The molecule has 0 aromatic carbocycles. The second kappa shape index (κ2) is 7.49. The van der Waals surface area contributed by atoms with E-state index in [0.717, 1.165) is 13.0 Å². The summed E-state index contributed by atoms with van der Waals surface area (Å²) in [6, 6.07) is 3.38. The van der Waals surface area contributed by atoms with Crippen LogP contribution in [0, 0.1) is 0 Å². The normalized spacial score (nSPS) is 10.4. The van der Waals surface area contributed by atoms with Gasteiger partial charge < -0.3 is 9.73 Å². The molecule has 3 nitrogen and oxygen atoms in total. The summed E-state index contributed by atoms with van der Waals surface area (Å²) < 4.78 is 5.73. The fraction of sp³-hybridized carbons (Fsp3) is 0.583. The largest absolute Gasteiger partial charge is 0.444 e. The predicted molar refractivity (Wildman–Crippen MR) is 67.5 cm³/mol. The number of halogens is 1. The van der Waals surface area contributed by atoms with Crippen molar-refractivity contribution in [2.75, 3.05) is 6.54 Å². The molecule has 1 aromatic rings. The molecule has 90 valence electrons. The summed E-state index contributed by atoms with van der Waals surface area (Å²) in [7, 11) is 0. The molecule has 16 heavy (non-hydrogen) atoms. The molecule has 0 atom stereocenters.